The predicted molar refractivity (Wildman–Crippen MR) is 87.9 cm³/mol. The van der Waals surface area contributed by atoms with E-state index in [4.69, 9.17) is 0 Å². The smallest absolute Gasteiger partial charge is 0.257 e. The Morgan fingerprint density at radius 1 is 1.38 bits per heavy atom. The first-order chi connectivity index (χ1) is 11.7. The van der Waals surface area contributed by atoms with Crippen LogP contribution in [-0.2, 0) is 13.1 Å². The third-order valence-electron chi connectivity index (χ3n) is 3.63. The molecule has 0 aliphatic carbocycles. The molecule has 0 atom stereocenters. The summed E-state index contributed by atoms with van der Waals surface area (Å²) in [4.78, 5) is 14.2. The van der Waals surface area contributed by atoms with Gasteiger partial charge in [-0.3, -0.25) is 9.48 Å². The lowest BCUT2D eigenvalue weighted by Gasteiger charge is -2.16. The molecule has 0 radical (unpaired) electrons. The molecular weight excluding hydrogens is 306 g/mol. The predicted octanol–water partition coefficient (Wildman–Crippen LogP) is 1.75. The average molecular weight is 325 g/mol. The molecule has 1 amide bonds. The van der Waals surface area contributed by atoms with E-state index in [9.17, 15) is 4.79 Å². The van der Waals surface area contributed by atoms with Crippen molar-refractivity contribution >= 4 is 5.91 Å². The molecule has 1 N–H and O–H groups in total. The number of carbonyl (C=O) groups excluding carboxylic acids is 1. The average Bonchev–Trinajstić information content (AvgIpc) is 3.26. The van der Waals surface area contributed by atoms with Crippen LogP contribution in [0, 0.1) is 0 Å². The van der Waals surface area contributed by atoms with Crippen LogP contribution < -0.4 is 0 Å². The number of hydrogen-bond donors (Lipinski definition) is 1. The molecule has 2 heterocycles. The molecule has 0 aliphatic heterocycles. The van der Waals surface area contributed by atoms with Crippen molar-refractivity contribution in [2.24, 2.45) is 0 Å². The van der Waals surface area contributed by atoms with Gasteiger partial charge in [-0.2, -0.15) is 10.3 Å². The van der Waals surface area contributed by atoms with E-state index in [0.717, 1.165) is 24.1 Å². The van der Waals surface area contributed by atoms with Crippen molar-refractivity contribution in [3.8, 4) is 11.4 Å². The lowest BCUT2D eigenvalue weighted by molar-refractivity contribution is 0.0785. The Balaban J connectivity index is 1.70. The zero-order valence-corrected chi connectivity index (χ0v) is 13.7. The van der Waals surface area contributed by atoms with E-state index in [1.54, 1.807) is 29.0 Å². The van der Waals surface area contributed by atoms with Crippen LogP contribution in [0.2, 0.25) is 0 Å². The van der Waals surface area contributed by atoms with Crippen molar-refractivity contribution in [1.29, 1.82) is 0 Å². The van der Waals surface area contributed by atoms with Gasteiger partial charge in [-0.1, -0.05) is 25.1 Å². The molecule has 124 valence electrons. The van der Waals surface area contributed by atoms with Crippen molar-refractivity contribution in [3.05, 3.63) is 47.8 Å². The maximum Gasteiger partial charge on any atom is 0.257 e. The van der Waals surface area contributed by atoms with Gasteiger partial charge in [-0.25, -0.2) is 0 Å². The summed E-state index contributed by atoms with van der Waals surface area (Å²) in [6, 6.07) is 7.74. The number of tetrazole rings is 1. The molecule has 2 aromatic heterocycles. The maximum absolute atomic E-state index is 12.5. The summed E-state index contributed by atoms with van der Waals surface area (Å²) in [6.07, 6.45) is 4.39. The highest BCUT2D eigenvalue weighted by atomic mass is 16.2. The fraction of sp³-hybridized carbons (Fsp3) is 0.312. The second kappa shape index (κ2) is 7.03. The number of carbonyl (C=O) groups is 1. The van der Waals surface area contributed by atoms with E-state index in [1.165, 1.54) is 0 Å². The lowest BCUT2D eigenvalue weighted by atomic mass is 10.1. The van der Waals surface area contributed by atoms with Gasteiger partial charge in [0.05, 0.1) is 11.8 Å². The Morgan fingerprint density at radius 3 is 3.00 bits per heavy atom. The van der Waals surface area contributed by atoms with Crippen LogP contribution in [0.25, 0.3) is 11.4 Å². The van der Waals surface area contributed by atoms with Crippen LogP contribution in [0.1, 0.15) is 29.3 Å². The van der Waals surface area contributed by atoms with Gasteiger partial charge >= 0.3 is 0 Å². The summed E-state index contributed by atoms with van der Waals surface area (Å²) in [5.74, 6) is 0.481. The van der Waals surface area contributed by atoms with Crippen LogP contribution in [0.5, 0.6) is 0 Å². The van der Waals surface area contributed by atoms with Crippen LogP contribution in [0.15, 0.2) is 36.7 Å². The van der Waals surface area contributed by atoms with Crippen LogP contribution >= 0.6 is 0 Å². The quantitative estimate of drug-likeness (QED) is 0.745. The molecule has 24 heavy (non-hydrogen) atoms. The Bertz CT molecular complexity index is 809. The Labute approximate surface area is 139 Å². The van der Waals surface area contributed by atoms with Gasteiger partial charge in [-0.15, -0.1) is 10.2 Å². The van der Waals surface area contributed by atoms with Crippen molar-refractivity contribution in [1.82, 2.24) is 35.3 Å². The largest absolute Gasteiger partial charge is 0.337 e. The minimum Gasteiger partial charge on any atom is -0.337 e. The number of aromatic nitrogens is 6. The molecule has 3 rings (SSSR count). The second-order valence-corrected chi connectivity index (χ2v) is 5.59. The van der Waals surface area contributed by atoms with E-state index in [1.807, 2.05) is 24.3 Å². The third-order valence-corrected chi connectivity index (χ3v) is 3.63. The monoisotopic (exact) mass is 325 g/mol. The number of H-pyrrole nitrogens is 1. The van der Waals surface area contributed by atoms with E-state index in [-0.39, 0.29) is 5.91 Å². The maximum atomic E-state index is 12.5. The Morgan fingerprint density at radius 2 is 2.25 bits per heavy atom. The SMILES string of the molecule is CCCn1cc(C(=O)N(C)Cc2cccc(-c3nn[nH]n3)c2)cn1. The number of hydrogen-bond acceptors (Lipinski definition) is 5. The van der Waals surface area contributed by atoms with Crippen molar-refractivity contribution in [2.45, 2.75) is 26.4 Å². The zero-order chi connectivity index (χ0) is 16.9. The van der Waals surface area contributed by atoms with E-state index in [2.05, 4.69) is 32.6 Å². The number of nitrogens with zero attached hydrogens (tertiary/aromatic N) is 6. The molecule has 0 bridgehead atoms. The first-order valence-corrected chi connectivity index (χ1v) is 7.78. The highest BCUT2D eigenvalue weighted by Crippen LogP contribution is 2.16. The number of rotatable bonds is 6. The second-order valence-electron chi connectivity index (χ2n) is 5.59. The minimum atomic E-state index is -0.0534. The van der Waals surface area contributed by atoms with Crippen molar-refractivity contribution in [2.75, 3.05) is 7.05 Å². The molecule has 0 saturated carbocycles. The molecule has 8 nitrogen and oxygen atoms in total. The minimum absolute atomic E-state index is 0.0534. The van der Waals surface area contributed by atoms with Gasteiger partial charge in [-0.05, 0) is 23.3 Å². The summed E-state index contributed by atoms with van der Waals surface area (Å²) in [6.45, 7) is 3.37. The van der Waals surface area contributed by atoms with Crippen molar-refractivity contribution in [3.63, 3.8) is 0 Å². The molecule has 8 heteroatoms. The molecule has 0 unspecified atom stereocenters. The number of nitrogens with one attached hydrogen (secondary N) is 1. The van der Waals surface area contributed by atoms with Gasteiger partial charge in [0.1, 0.15) is 0 Å². The summed E-state index contributed by atoms with van der Waals surface area (Å²) in [5.41, 5.74) is 2.45. The lowest BCUT2D eigenvalue weighted by Crippen LogP contribution is -2.25. The molecule has 1 aromatic carbocycles. The first kappa shape index (κ1) is 15.9. The number of aryl methyl sites for hydroxylation is 1. The Kier molecular flexibility index (Phi) is 4.64. The van der Waals surface area contributed by atoms with E-state index < -0.39 is 0 Å². The highest BCUT2D eigenvalue weighted by molar-refractivity contribution is 5.93. The first-order valence-electron chi connectivity index (χ1n) is 7.78. The van der Waals surface area contributed by atoms with Gasteiger partial charge in [0, 0.05) is 31.9 Å². The number of amides is 1. The third kappa shape index (κ3) is 3.48. The van der Waals surface area contributed by atoms with Gasteiger partial charge < -0.3 is 4.90 Å². The van der Waals surface area contributed by atoms with Crippen LogP contribution in [0.3, 0.4) is 0 Å². The standard InChI is InChI=1S/C16H19N7O/c1-3-7-23-11-14(9-17-23)16(24)22(2)10-12-5-4-6-13(8-12)15-18-20-21-19-15/h4-6,8-9,11H,3,7,10H2,1-2H3,(H,18,19,20,21). The summed E-state index contributed by atoms with van der Waals surface area (Å²) >= 11 is 0. The molecular formula is C16H19N7O. The van der Waals surface area contributed by atoms with Gasteiger partial charge in [0.25, 0.3) is 5.91 Å². The molecule has 0 saturated heterocycles. The van der Waals surface area contributed by atoms with Gasteiger partial charge in [0.2, 0.25) is 5.82 Å². The van der Waals surface area contributed by atoms with E-state index >= 15 is 0 Å². The molecule has 3 aromatic rings. The van der Waals surface area contributed by atoms with Crippen LogP contribution in [0.4, 0.5) is 0 Å². The fourth-order valence-corrected chi connectivity index (χ4v) is 2.48. The summed E-state index contributed by atoms with van der Waals surface area (Å²) in [7, 11) is 1.78. The highest BCUT2D eigenvalue weighted by Gasteiger charge is 2.14. The fourth-order valence-electron chi connectivity index (χ4n) is 2.48. The van der Waals surface area contributed by atoms with Crippen LogP contribution in [-0.4, -0.2) is 48.3 Å². The molecule has 0 spiro atoms. The normalized spacial score (nSPS) is 10.8. The zero-order valence-electron chi connectivity index (χ0n) is 13.7. The topological polar surface area (TPSA) is 92.6 Å². The Hall–Kier alpha value is -3.03. The summed E-state index contributed by atoms with van der Waals surface area (Å²) < 4.78 is 1.79. The number of aromatic amines is 1. The molecule has 0 fully saturated rings. The molecule has 0 aliphatic rings. The van der Waals surface area contributed by atoms with Gasteiger partial charge in [0.15, 0.2) is 0 Å². The van der Waals surface area contributed by atoms with Crippen molar-refractivity contribution < 1.29 is 4.79 Å². The summed E-state index contributed by atoms with van der Waals surface area (Å²) in [5, 5.41) is 18.1. The van der Waals surface area contributed by atoms with E-state index in [0.29, 0.717) is 17.9 Å². The number of benzene rings is 1.